The minimum atomic E-state index is 0. The van der Waals surface area contributed by atoms with Gasteiger partial charge in [-0.25, -0.2) is 4.57 Å². The molecule has 0 fully saturated rings. The molecule has 0 atom stereocenters. The third-order valence-corrected chi connectivity index (χ3v) is 1.11. The van der Waals surface area contributed by atoms with Crippen molar-refractivity contribution >= 4 is 0 Å². The predicted molar refractivity (Wildman–Crippen MR) is 35.5 cm³/mol. The Hall–Kier alpha value is -0.700. The zero-order valence-corrected chi connectivity index (χ0v) is 6.97. The molecule has 58 valence electrons. The summed E-state index contributed by atoms with van der Waals surface area (Å²) in [7, 11) is 1.99. The first-order chi connectivity index (χ1) is 4.33. The van der Waals surface area contributed by atoms with Crippen molar-refractivity contribution in [2.45, 2.75) is 6.92 Å². The maximum Gasteiger partial charge on any atom is 0.266 e. The lowest BCUT2D eigenvalue weighted by molar-refractivity contribution is -0.670. The van der Waals surface area contributed by atoms with Crippen LogP contribution in [0.4, 0.5) is 0 Å². The van der Waals surface area contributed by atoms with Gasteiger partial charge in [0.05, 0.1) is 7.05 Å². The third kappa shape index (κ3) is 2.27. The average molecular weight is 162 g/mol. The summed E-state index contributed by atoms with van der Waals surface area (Å²) in [6, 6.07) is 0. The maximum atomic E-state index is 3.12. The number of aromatic nitrogens is 2. The van der Waals surface area contributed by atoms with E-state index in [4.69, 9.17) is 0 Å². The van der Waals surface area contributed by atoms with Crippen LogP contribution in [0.2, 0.25) is 0 Å². The lowest BCUT2D eigenvalue weighted by Crippen LogP contribution is -3.00. The molecule has 0 radical (unpaired) electrons. The second-order valence-electron chi connectivity index (χ2n) is 2.00. The Labute approximate surface area is 67.0 Å². The Kier molecular flexibility index (Phi) is 3.88. The van der Waals surface area contributed by atoms with Crippen molar-refractivity contribution in [1.82, 2.24) is 4.68 Å². The van der Waals surface area contributed by atoms with Gasteiger partial charge in [0.1, 0.15) is 6.20 Å². The van der Waals surface area contributed by atoms with E-state index in [1.165, 1.54) is 0 Å². The molecule has 0 saturated carbocycles. The summed E-state index contributed by atoms with van der Waals surface area (Å²) in [5, 5.41) is 0. The van der Waals surface area contributed by atoms with Crippen molar-refractivity contribution in [3.05, 3.63) is 18.7 Å². The zero-order valence-electron chi connectivity index (χ0n) is 6.21. The molecule has 1 aromatic rings. The van der Waals surface area contributed by atoms with Crippen LogP contribution in [0.3, 0.4) is 0 Å². The molecule has 4 heteroatoms. The normalized spacial score (nSPS) is 8.60. The van der Waals surface area contributed by atoms with Crippen molar-refractivity contribution < 1.29 is 17.0 Å². The fraction of sp³-hybridized carbons (Fsp3) is 0.500. The van der Waals surface area contributed by atoms with E-state index in [1.54, 1.807) is 0 Å². The van der Waals surface area contributed by atoms with Crippen LogP contribution in [0, 0.1) is 0 Å². The van der Waals surface area contributed by atoms with Crippen LogP contribution in [-0.4, -0.2) is 11.2 Å². The molecule has 1 rings (SSSR count). The fourth-order valence-electron chi connectivity index (χ4n) is 0.726. The molecule has 0 aliphatic rings. The molecule has 0 amide bonds. The molecule has 10 heavy (non-hydrogen) atoms. The molecule has 0 spiro atoms. The zero-order chi connectivity index (χ0) is 6.69. The summed E-state index contributed by atoms with van der Waals surface area (Å²) in [6.45, 7) is 3.02. The number of hydrogen-bond acceptors (Lipinski definition) is 1. The van der Waals surface area contributed by atoms with E-state index in [9.17, 15) is 0 Å². The van der Waals surface area contributed by atoms with Gasteiger partial charge < -0.3 is 12.4 Å². The number of hydrogen-bond donors (Lipinski definition) is 1. The lowest BCUT2D eigenvalue weighted by atomic mass is 10.8. The van der Waals surface area contributed by atoms with Crippen LogP contribution in [0.1, 0.15) is 6.92 Å². The second-order valence-corrected chi connectivity index (χ2v) is 2.00. The Balaban J connectivity index is 0.000000810. The quantitative estimate of drug-likeness (QED) is 0.456. The van der Waals surface area contributed by atoms with Crippen LogP contribution >= 0.6 is 0 Å². The van der Waals surface area contributed by atoms with Gasteiger partial charge in [-0.1, -0.05) is 0 Å². The highest BCUT2D eigenvalue weighted by atomic mass is 35.5. The molecule has 0 unspecified atom stereocenters. The van der Waals surface area contributed by atoms with E-state index in [0.717, 1.165) is 6.54 Å². The van der Waals surface area contributed by atoms with Gasteiger partial charge in [-0.05, 0) is 6.92 Å². The van der Waals surface area contributed by atoms with Gasteiger partial charge in [0.25, 0.3) is 6.33 Å². The van der Waals surface area contributed by atoms with Crippen LogP contribution in [0.5, 0.6) is 0 Å². The highest BCUT2D eigenvalue weighted by Crippen LogP contribution is 1.74. The summed E-state index contributed by atoms with van der Waals surface area (Å²) >= 11 is 0. The summed E-state index contributed by atoms with van der Waals surface area (Å²) in [5.74, 6) is 0. The first-order valence-corrected chi connectivity index (χ1v) is 3.10. The van der Waals surface area contributed by atoms with E-state index < -0.39 is 0 Å². The first kappa shape index (κ1) is 9.30. The highest BCUT2D eigenvalue weighted by Gasteiger charge is 1.93. The van der Waals surface area contributed by atoms with E-state index in [-0.39, 0.29) is 12.4 Å². The Morgan fingerprint density at radius 1 is 1.60 bits per heavy atom. The summed E-state index contributed by atoms with van der Waals surface area (Å²) in [5.41, 5.74) is 3.12. The van der Waals surface area contributed by atoms with Crippen molar-refractivity contribution in [3.8, 4) is 0 Å². The van der Waals surface area contributed by atoms with Crippen LogP contribution in [-0.2, 0) is 7.05 Å². The van der Waals surface area contributed by atoms with Gasteiger partial charge in [-0.15, -0.1) is 4.68 Å². The SMILES string of the molecule is CCNn1cc[n+](C)c1.[Cl-]. The average Bonchev–Trinajstić information content (AvgIpc) is 2.17. The number of aryl methyl sites for hydroxylation is 1. The van der Waals surface area contributed by atoms with Gasteiger partial charge in [-0.2, -0.15) is 0 Å². The molecule has 1 N–H and O–H groups in total. The van der Waals surface area contributed by atoms with Crippen LogP contribution < -0.4 is 22.4 Å². The van der Waals surface area contributed by atoms with Crippen LogP contribution in [0.15, 0.2) is 18.7 Å². The molecular weight excluding hydrogens is 150 g/mol. The Bertz CT molecular complexity index is 185. The number of nitrogens with zero attached hydrogens (tertiary/aromatic N) is 2. The standard InChI is InChI=1S/C6H12N3.ClH/c1-3-7-9-5-4-8(2)6-9;/h4-7H,3H2,1-2H3;1H/q+1;/p-1. The third-order valence-electron chi connectivity index (χ3n) is 1.11. The first-order valence-electron chi connectivity index (χ1n) is 3.10. The molecule has 1 aromatic heterocycles. The van der Waals surface area contributed by atoms with E-state index in [2.05, 4.69) is 12.3 Å². The van der Waals surface area contributed by atoms with Crippen molar-refractivity contribution in [2.75, 3.05) is 12.0 Å². The van der Waals surface area contributed by atoms with Gasteiger partial charge >= 0.3 is 0 Å². The van der Waals surface area contributed by atoms with Crippen molar-refractivity contribution in [1.29, 1.82) is 0 Å². The van der Waals surface area contributed by atoms with Gasteiger partial charge in [-0.3, -0.25) is 5.43 Å². The summed E-state index contributed by atoms with van der Waals surface area (Å²) in [4.78, 5) is 0. The molecule has 0 saturated heterocycles. The largest absolute Gasteiger partial charge is 1.00 e. The lowest BCUT2D eigenvalue weighted by Gasteiger charge is -1.91. The number of nitrogens with one attached hydrogen (secondary N) is 1. The smallest absolute Gasteiger partial charge is 0.266 e. The van der Waals surface area contributed by atoms with Crippen LogP contribution in [0.25, 0.3) is 0 Å². The topological polar surface area (TPSA) is 20.8 Å². The summed E-state index contributed by atoms with van der Waals surface area (Å²) in [6.07, 6.45) is 5.94. The Morgan fingerprint density at radius 2 is 2.30 bits per heavy atom. The fourth-order valence-corrected chi connectivity index (χ4v) is 0.726. The molecule has 0 aromatic carbocycles. The second kappa shape index (κ2) is 4.17. The van der Waals surface area contributed by atoms with E-state index >= 15 is 0 Å². The molecule has 0 aliphatic heterocycles. The monoisotopic (exact) mass is 161 g/mol. The highest BCUT2D eigenvalue weighted by molar-refractivity contribution is 4.72. The number of imidazole rings is 1. The van der Waals surface area contributed by atoms with Crippen molar-refractivity contribution in [2.24, 2.45) is 7.05 Å². The van der Waals surface area contributed by atoms with Gasteiger partial charge in [0.15, 0.2) is 6.20 Å². The molecule has 0 aliphatic carbocycles. The minimum Gasteiger partial charge on any atom is -1.00 e. The van der Waals surface area contributed by atoms with E-state index in [0.29, 0.717) is 0 Å². The minimum absolute atomic E-state index is 0. The maximum absolute atomic E-state index is 3.12. The van der Waals surface area contributed by atoms with E-state index in [1.807, 2.05) is 35.0 Å². The summed E-state index contributed by atoms with van der Waals surface area (Å²) < 4.78 is 3.92. The van der Waals surface area contributed by atoms with Gasteiger partial charge in [0.2, 0.25) is 0 Å². The van der Waals surface area contributed by atoms with Gasteiger partial charge in [0, 0.05) is 6.54 Å². The molecule has 1 heterocycles. The predicted octanol–water partition coefficient (Wildman–Crippen LogP) is -3.12. The Morgan fingerprint density at radius 3 is 2.70 bits per heavy atom. The molecule has 3 nitrogen and oxygen atoms in total. The number of halogens is 1. The van der Waals surface area contributed by atoms with Crippen molar-refractivity contribution in [3.63, 3.8) is 0 Å². The molecular formula is C6H12ClN3. The molecule has 0 bridgehead atoms. The number of rotatable bonds is 2.